The molecule has 36 heavy (non-hydrogen) atoms. The molecule has 0 saturated heterocycles. The Bertz CT molecular complexity index is 831. The van der Waals surface area contributed by atoms with Gasteiger partial charge in [-0.2, -0.15) is 0 Å². The van der Waals surface area contributed by atoms with Gasteiger partial charge in [-0.1, -0.05) is 58.4 Å². The second-order valence-corrected chi connectivity index (χ2v) is 13.6. The second kappa shape index (κ2) is 11.3. The molecule has 0 aromatic rings. The average Bonchev–Trinajstić information content (AvgIpc) is 3.08. The first kappa shape index (κ1) is 27.9. The third-order valence-electron chi connectivity index (χ3n) is 11.5. The molecule has 4 nitrogen and oxygen atoms in total. The molecule has 4 rings (SSSR count). The van der Waals surface area contributed by atoms with Gasteiger partial charge in [0.05, 0.1) is 5.60 Å². The van der Waals surface area contributed by atoms with E-state index in [1.165, 1.54) is 50.5 Å². The highest BCUT2D eigenvalue weighted by molar-refractivity contribution is 5.91. The van der Waals surface area contributed by atoms with Gasteiger partial charge in [-0.05, 0) is 105 Å². The highest BCUT2D eigenvalue weighted by Gasteiger charge is 2.64. The predicted molar refractivity (Wildman–Crippen MR) is 146 cm³/mol. The maximum atomic E-state index is 12.4. The van der Waals surface area contributed by atoms with Crippen LogP contribution < -0.4 is 5.32 Å². The Morgan fingerprint density at radius 1 is 1.00 bits per heavy atom. The number of ketones is 1. The predicted octanol–water partition coefficient (Wildman–Crippen LogP) is 7.14. The van der Waals surface area contributed by atoms with E-state index >= 15 is 0 Å². The molecule has 7 atom stereocenters. The summed E-state index contributed by atoms with van der Waals surface area (Å²) in [5, 5.41) is 14.4. The van der Waals surface area contributed by atoms with Crippen LogP contribution in [0.1, 0.15) is 130 Å². The fourth-order valence-corrected chi connectivity index (χ4v) is 8.96. The Morgan fingerprint density at radius 2 is 1.72 bits per heavy atom. The lowest BCUT2D eigenvalue weighted by Crippen LogP contribution is -2.56. The topological polar surface area (TPSA) is 66.4 Å². The Kier molecular flexibility index (Phi) is 8.74. The zero-order valence-corrected chi connectivity index (χ0v) is 23.7. The normalized spacial score (nSPS) is 39.7. The fourth-order valence-electron chi connectivity index (χ4n) is 8.96. The molecule has 0 radical (unpaired) electrons. The first-order chi connectivity index (χ1) is 17.1. The molecule has 4 aliphatic carbocycles. The van der Waals surface area contributed by atoms with Crippen LogP contribution in [0.25, 0.3) is 0 Å². The quantitative estimate of drug-likeness (QED) is 0.297. The van der Waals surface area contributed by atoms with E-state index in [-0.39, 0.29) is 16.7 Å². The zero-order chi connectivity index (χ0) is 26.0. The minimum absolute atomic E-state index is 0.0377. The molecular weight excluding hydrogens is 446 g/mol. The Labute approximate surface area is 220 Å². The maximum absolute atomic E-state index is 12.4. The number of hydrogen-bond acceptors (Lipinski definition) is 3. The van der Waals surface area contributed by atoms with E-state index in [4.69, 9.17) is 0 Å². The molecule has 0 aliphatic heterocycles. The molecule has 4 heteroatoms. The van der Waals surface area contributed by atoms with Crippen LogP contribution in [0.4, 0.5) is 0 Å². The van der Waals surface area contributed by atoms with Crippen molar-refractivity contribution in [3.05, 3.63) is 11.6 Å². The molecule has 3 saturated carbocycles. The summed E-state index contributed by atoms with van der Waals surface area (Å²) in [6.07, 6.45) is 19.3. The Morgan fingerprint density at radius 3 is 2.50 bits per heavy atom. The van der Waals surface area contributed by atoms with Crippen LogP contribution >= 0.6 is 0 Å². The largest absolute Gasteiger partial charge is 0.390 e. The van der Waals surface area contributed by atoms with Gasteiger partial charge in [-0.3, -0.25) is 9.59 Å². The SMILES string of the molecule is CCCCC(=O)NCCCCCCCC1CC2=CC(=O)CC[C@]2(C)[C@@H]2CC[C@@]3(C)[C@@H](CCC3(C)O)[C@H]12. The number of hydrogen-bond donors (Lipinski definition) is 2. The van der Waals surface area contributed by atoms with Crippen LogP contribution in [0.2, 0.25) is 0 Å². The zero-order valence-electron chi connectivity index (χ0n) is 23.7. The van der Waals surface area contributed by atoms with Crippen LogP contribution in [-0.4, -0.2) is 28.9 Å². The number of carbonyl (C=O) groups excluding carboxylic acids is 2. The lowest BCUT2D eigenvalue weighted by molar-refractivity contribution is -0.135. The van der Waals surface area contributed by atoms with Crippen molar-refractivity contribution in [1.29, 1.82) is 0 Å². The summed E-state index contributed by atoms with van der Waals surface area (Å²) < 4.78 is 0. The van der Waals surface area contributed by atoms with Crippen LogP contribution in [0.5, 0.6) is 0 Å². The molecule has 0 aromatic carbocycles. The number of nitrogens with one attached hydrogen (secondary N) is 1. The van der Waals surface area contributed by atoms with Gasteiger partial charge >= 0.3 is 0 Å². The van der Waals surface area contributed by atoms with Gasteiger partial charge in [0.2, 0.25) is 5.91 Å². The third kappa shape index (κ3) is 5.36. The van der Waals surface area contributed by atoms with Gasteiger partial charge in [0.1, 0.15) is 0 Å². The second-order valence-electron chi connectivity index (χ2n) is 13.6. The lowest BCUT2D eigenvalue weighted by atomic mass is 9.44. The molecule has 0 spiro atoms. The number of aliphatic hydroxyl groups is 1. The standard InChI is InChI=1S/C32H53NO3/c1-5-6-13-28(35)33-20-11-9-7-8-10-12-23-21-24-22-25(34)14-17-30(24,2)26-15-18-31(3)27(29(23)26)16-19-32(31,4)36/h22-23,26-27,29,36H,5-21H2,1-4H3,(H,33,35)/t23?,26-,27+,29-,30+,31+,32?/m1/s1. The molecule has 0 heterocycles. The molecule has 2 unspecified atom stereocenters. The first-order valence-corrected chi connectivity index (χ1v) is 15.4. The summed E-state index contributed by atoms with van der Waals surface area (Å²) in [5.74, 6) is 3.16. The third-order valence-corrected chi connectivity index (χ3v) is 11.5. The van der Waals surface area contributed by atoms with Crippen molar-refractivity contribution >= 4 is 11.7 Å². The van der Waals surface area contributed by atoms with Crippen LogP contribution in [0, 0.1) is 34.5 Å². The van der Waals surface area contributed by atoms with Crippen molar-refractivity contribution in [3.8, 4) is 0 Å². The van der Waals surface area contributed by atoms with Gasteiger partial charge < -0.3 is 10.4 Å². The van der Waals surface area contributed by atoms with Gasteiger partial charge in [-0.25, -0.2) is 0 Å². The highest BCUT2D eigenvalue weighted by Crippen LogP contribution is 2.69. The minimum atomic E-state index is -0.543. The molecular formula is C32H53NO3. The molecule has 1 amide bonds. The minimum Gasteiger partial charge on any atom is -0.390 e. The van der Waals surface area contributed by atoms with Crippen molar-refractivity contribution in [2.75, 3.05) is 6.54 Å². The summed E-state index contributed by atoms with van der Waals surface area (Å²) in [6, 6.07) is 0. The number of rotatable bonds is 11. The average molecular weight is 500 g/mol. The highest BCUT2D eigenvalue weighted by atomic mass is 16.3. The molecule has 3 fully saturated rings. The summed E-state index contributed by atoms with van der Waals surface area (Å²) in [4.78, 5) is 24.1. The van der Waals surface area contributed by atoms with Gasteiger partial charge in [0, 0.05) is 19.4 Å². The van der Waals surface area contributed by atoms with Gasteiger partial charge in [0.25, 0.3) is 0 Å². The van der Waals surface area contributed by atoms with E-state index in [9.17, 15) is 14.7 Å². The van der Waals surface area contributed by atoms with Crippen LogP contribution in [0.15, 0.2) is 11.6 Å². The Hall–Kier alpha value is -1.16. The van der Waals surface area contributed by atoms with E-state index in [0.29, 0.717) is 42.3 Å². The van der Waals surface area contributed by atoms with Crippen molar-refractivity contribution in [2.45, 2.75) is 136 Å². The molecule has 0 aromatic heterocycles. The molecule has 0 bridgehead atoms. The van der Waals surface area contributed by atoms with Crippen molar-refractivity contribution in [1.82, 2.24) is 5.32 Å². The number of carbonyl (C=O) groups is 2. The molecule has 4 aliphatic rings. The van der Waals surface area contributed by atoms with E-state index < -0.39 is 5.60 Å². The van der Waals surface area contributed by atoms with Gasteiger partial charge in [0.15, 0.2) is 5.78 Å². The molecule has 204 valence electrons. The number of allylic oxidation sites excluding steroid dienone is 1. The van der Waals surface area contributed by atoms with E-state index in [2.05, 4.69) is 33.0 Å². The number of fused-ring (bicyclic) bond motifs is 5. The van der Waals surface area contributed by atoms with Crippen LogP contribution in [-0.2, 0) is 9.59 Å². The summed E-state index contributed by atoms with van der Waals surface area (Å²) >= 11 is 0. The fraction of sp³-hybridized carbons (Fsp3) is 0.875. The first-order valence-electron chi connectivity index (χ1n) is 15.4. The van der Waals surface area contributed by atoms with Crippen molar-refractivity contribution < 1.29 is 14.7 Å². The van der Waals surface area contributed by atoms with Crippen LogP contribution in [0.3, 0.4) is 0 Å². The van der Waals surface area contributed by atoms with Crippen molar-refractivity contribution in [3.63, 3.8) is 0 Å². The monoisotopic (exact) mass is 499 g/mol. The number of amides is 1. The summed E-state index contributed by atoms with van der Waals surface area (Å²) in [6.45, 7) is 9.89. The summed E-state index contributed by atoms with van der Waals surface area (Å²) in [5.41, 5.74) is 1.14. The van der Waals surface area contributed by atoms with Gasteiger partial charge in [-0.15, -0.1) is 0 Å². The smallest absolute Gasteiger partial charge is 0.219 e. The maximum Gasteiger partial charge on any atom is 0.219 e. The Balaban J connectivity index is 1.34. The number of unbranched alkanes of at least 4 members (excludes halogenated alkanes) is 5. The van der Waals surface area contributed by atoms with E-state index in [1.54, 1.807) is 0 Å². The molecule has 2 N–H and O–H groups in total. The van der Waals surface area contributed by atoms with E-state index in [0.717, 1.165) is 51.5 Å². The van der Waals surface area contributed by atoms with E-state index in [1.807, 2.05) is 6.08 Å². The van der Waals surface area contributed by atoms with Crippen molar-refractivity contribution in [2.24, 2.45) is 34.5 Å². The lowest BCUT2D eigenvalue weighted by Gasteiger charge is -2.61. The summed E-state index contributed by atoms with van der Waals surface area (Å²) in [7, 11) is 0.